The van der Waals surface area contributed by atoms with E-state index in [2.05, 4.69) is 25.9 Å². The number of carbonyl (C=O) groups excluding carboxylic acids is 2. The Labute approximate surface area is 172 Å². The Morgan fingerprint density at radius 2 is 1.90 bits per heavy atom. The first-order valence-electron chi connectivity index (χ1n) is 8.49. The van der Waals surface area contributed by atoms with Gasteiger partial charge in [0.1, 0.15) is 5.56 Å². The van der Waals surface area contributed by atoms with Gasteiger partial charge in [0, 0.05) is 11.3 Å². The lowest BCUT2D eigenvalue weighted by molar-refractivity contribution is 0.102. The van der Waals surface area contributed by atoms with Crippen molar-refractivity contribution in [3.8, 4) is 17.3 Å². The van der Waals surface area contributed by atoms with Crippen molar-refractivity contribution in [3.63, 3.8) is 0 Å². The summed E-state index contributed by atoms with van der Waals surface area (Å²) in [6.07, 6.45) is 0.278. The van der Waals surface area contributed by atoms with Gasteiger partial charge in [0.2, 0.25) is 10.7 Å². The van der Waals surface area contributed by atoms with Gasteiger partial charge < -0.3 is 10.4 Å². The molecule has 150 valence electrons. The van der Waals surface area contributed by atoms with E-state index in [1.165, 1.54) is 4.68 Å². The molecule has 2 aromatic carbocycles. The van der Waals surface area contributed by atoms with E-state index < -0.39 is 11.4 Å². The number of aldehydes is 1. The Kier molecular flexibility index (Phi) is 4.82. The van der Waals surface area contributed by atoms with Crippen LogP contribution < -0.4 is 10.9 Å². The summed E-state index contributed by atoms with van der Waals surface area (Å²) in [4.78, 5) is 35.1. The van der Waals surface area contributed by atoms with E-state index in [9.17, 15) is 19.5 Å². The van der Waals surface area contributed by atoms with Crippen molar-refractivity contribution in [1.29, 1.82) is 0 Å². The van der Waals surface area contributed by atoms with Crippen molar-refractivity contribution in [1.82, 2.24) is 30.0 Å². The predicted octanol–water partition coefficient (Wildman–Crippen LogP) is 1.57. The van der Waals surface area contributed by atoms with E-state index in [1.807, 2.05) is 0 Å². The summed E-state index contributed by atoms with van der Waals surface area (Å²) in [5, 5.41) is 25.0. The van der Waals surface area contributed by atoms with Gasteiger partial charge in [0.25, 0.3) is 11.5 Å². The number of amides is 1. The van der Waals surface area contributed by atoms with Gasteiger partial charge in [-0.15, -0.1) is 0 Å². The highest BCUT2D eigenvalue weighted by atomic mass is 32.1. The second-order valence-corrected chi connectivity index (χ2v) is 6.47. The molecule has 0 atom stereocenters. The first-order valence-corrected chi connectivity index (χ1v) is 8.90. The Hall–Kier alpha value is -4.32. The van der Waals surface area contributed by atoms with Crippen LogP contribution in [0, 0.1) is 4.77 Å². The SMILES string of the molecule is O=Cc1c(O)n(-c2ccc(NC(=O)c3cccc(-n4[nH]nnc4=S)c3)cc2)[nH]c1=O. The van der Waals surface area contributed by atoms with Crippen molar-refractivity contribution < 1.29 is 14.7 Å². The van der Waals surface area contributed by atoms with E-state index in [0.29, 0.717) is 22.6 Å². The van der Waals surface area contributed by atoms with Crippen molar-refractivity contribution in [2.24, 2.45) is 0 Å². The first kappa shape index (κ1) is 19.0. The zero-order valence-corrected chi connectivity index (χ0v) is 15.9. The number of tetrazole rings is 1. The minimum Gasteiger partial charge on any atom is -0.493 e. The van der Waals surface area contributed by atoms with Crippen molar-refractivity contribution in [2.75, 3.05) is 5.32 Å². The van der Waals surface area contributed by atoms with E-state index in [0.717, 1.165) is 4.68 Å². The molecular formula is C18H13N7O4S. The van der Waals surface area contributed by atoms with Gasteiger partial charge in [0.15, 0.2) is 6.29 Å². The Bertz CT molecular complexity index is 1360. The molecule has 0 saturated heterocycles. The number of hydrogen-bond donors (Lipinski definition) is 4. The highest BCUT2D eigenvalue weighted by Gasteiger charge is 2.14. The second-order valence-electron chi connectivity index (χ2n) is 6.10. The van der Waals surface area contributed by atoms with Gasteiger partial charge in [-0.2, -0.15) is 5.21 Å². The first-order chi connectivity index (χ1) is 14.5. The number of aromatic amines is 2. The Morgan fingerprint density at radius 1 is 1.13 bits per heavy atom. The fourth-order valence-electron chi connectivity index (χ4n) is 2.78. The number of aromatic hydroxyl groups is 1. The number of aromatic nitrogens is 6. The molecule has 0 bridgehead atoms. The third-order valence-electron chi connectivity index (χ3n) is 4.25. The van der Waals surface area contributed by atoms with Gasteiger partial charge in [-0.05, 0) is 54.7 Å². The monoisotopic (exact) mass is 423 g/mol. The summed E-state index contributed by atoms with van der Waals surface area (Å²) in [5.41, 5.74) is 0.812. The molecule has 0 aliphatic heterocycles. The molecule has 0 aliphatic rings. The summed E-state index contributed by atoms with van der Waals surface area (Å²) in [6.45, 7) is 0. The lowest BCUT2D eigenvalue weighted by atomic mass is 10.2. The third-order valence-corrected chi connectivity index (χ3v) is 4.51. The van der Waals surface area contributed by atoms with Crippen LogP contribution in [0.25, 0.3) is 11.4 Å². The van der Waals surface area contributed by atoms with E-state index in [-0.39, 0.29) is 22.5 Å². The molecule has 0 saturated carbocycles. The van der Waals surface area contributed by atoms with Gasteiger partial charge in [0.05, 0.1) is 11.4 Å². The standard InChI is InChI=1S/C18H13N7O4S/c26-9-14-16(28)21-24(17(14)29)12-6-4-11(5-7-12)19-15(27)10-2-1-3-13(8-10)25-18(30)20-22-23-25/h1-9,29H,(H,19,27)(H,21,28)(H,20,23,30). The lowest BCUT2D eigenvalue weighted by Gasteiger charge is -2.09. The van der Waals surface area contributed by atoms with Crippen LogP contribution >= 0.6 is 12.2 Å². The highest BCUT2D eigenvalue weighted by Crippen LogP contribution is 2.19. The molecule has 0 unspecified atom stereocenters. The number of nitrogens with zero attached hydrogens (tertiary/aromatic N) is 4. The van der Waals surface area contributed by atoms with Gasteiger partial charge in [-0.3, -0.25) is 19.5 Å². The van der Waals surface area contributed by atoms with Crippen LogP contribution in [0.2, 0.25) is 0 Å². The number of H-pyrrole nitrogens is 2. The van der Waals surface area contributed by atoms with E-state index in [4.69, 9.17) is 12.2 Å². The van der Waals surface area contributed by atoms with E-state index >= 15 is 0 Å². The normalized spacial score (nSPS) is 10.7. The van der Waals surface area contributed by atoms with Gasteiger partial charge >= 0.3 is 0 Å². The van der Waals surface area contributed by atoms with Crippen LogP contribution in [-0.2, 0) is 0 Å². The average Bonchev–Trinajstić information content (AvgIpc) is 3.31. The summed E-state index contributed by atoms with van der Waals surface area (Å²) in [6, 6.07) is 13.0. The minimum atomic E-state index is -0.702. The molecule has 11 nitrogen and oxygen atoms in total. The molecule has 4 rings (SSSR count). The summed E-state index contributed by atoms with van der Waals surface area (Å²) < 4.78 is 2.76. The van der Waals surface area contributed by atoms with Gasteiger partial charge in [-0.1, -0.05) is 16.4 Å². The number of hydrogen-bond acceptors (Lipinski definition) is 7. The Balaban J connectivity index is 1.55. The molecule has 0 spiro atoms. The zero-order chi connectivity index (χ0) is 21.3. The molecule has 30 heavy (non-hydrogen) atoms. The number of carbonyl (C=O) groups is 2. The van der Waals surface area contributed by atoms with Crippen LogP contribution in [0.4, 0.5) is 5.69 Å². The lowest BCUT2D eigenvalue weighted by Crippen LogP contribution is -2.12. The van der Waals surface area contributed by atoms with Crippen molar-refractivity contribution >= 4 is 30.1 Å². The van der Waals surface area contributed by atoms with Crippen LogP contribution in [0.5, 0.6) is 5.88 Å². The second kappa shape index (κ2) is 7.60. The molecule has 4 aromatic rings. The Morgan fingerprint density at radius 3 is 2.53 bits per heavy atom. The van der Waals surface area contributed by atoms with Crippen LogP contribution in [0.15, 0.2) is 53.3 Å². The maximum absolute atomic E-state index is 12.6. The number of anilines is 1. The molecule has 12 heteroatoms. The summed E-state index contributed by atoms with van der Waals surface area (Å²) in [5.74, 6) is -0.848. The molecule has 0 fully saturated rings. The molecule has 2 heterocycles. The molecule has 0 radical (unpaired) electrons. The van der Waals surface area contributed by atoms with E-state index in [1.54, 1.807) is 48.5 Å². The zero-order valence-electron chi connectivity index (χ0n) is 15.1. The smallest absolute Gasteiger partial charge is 0.279 e. The summed E-state index contributed by atoms with van der Waals surface area (Å²) in [7, 11) is 0. The van der Waals surface area contributed by atoms with Crippen LogP contribution in [0.1, 0.15) is 20.7 Å². The van der Waals surface area contributed by atoms with Crippen molar-refractivity contribution in [3.05, 3.63) is 74.8 Å². The molecule has 4 N–H and O–H groups in total. The molecule has 1 amide bonds. The maximum Gasteiger partial charge on any atom is 0.279 e. The minimum absolute atomic E-state index is 0.229. The quantitative estimate of drug-likeness (QED) is 0.281. The number of benzene rings is 2. The third kappa shape index (κ3) is 3.42. The highest BCUT2D eigenvalue weighted by molar-refractivity contribution is 7.71. The summed E-state index contributed by atoms with van der Waals surface area (Å²) >= 11 is 5.06. The molecular weight excluding hydrogens is 410 g/mol. The predicted molar refractivity (Wildman–Crippen MR) is 108 cm³/mol. The van der Waals surface area contributed by atoms with Crippen LogP contribution in [0.3, 0.4) is 0 Å². The maximum atomic E-state index is 12.6. The molecule has 0 aliphatic carbocycles. The topological polar surface area (TPSA) is 151 Å². The van der Waals surface area contributed by atoms with Crippen molar-refractivity contribution in [2.45, 2.75) is 0 Å². The average molecular weight is 423 g/mol. The largest absolute Gasteiger partial charge is 0.493 e. The number of nitrogens with one attached hydrogen (secondary N) is 3. The van der Waals surface area contributed by atoms with Crippen LogP contribution in [-0.4, -0.2) is 47.3 Å². The fraction of sp³-hybridized carbons (Fsp3) is 0. The number of rotatable bonds is 5. The molecule has 2 aromatic heterocycles. The fourth-order valence-corrected chi connectivity index (χ4v) is 2.97. The van der Waals surface area contributed by atoms with Gasteiger partial charge in [-0.25, -0.2) is 9.36 Å².